The monoisotopic (exact) mass is 631 g/mol. The number of aryl methyl sites for hydroxylation is 2. The Morgan fingerprint density at radius 2 is 1.43 bits per heavy atom. The molecule has 0 aliphatic rings. The maximum Gasteiger partial charge on any atom is 0.264 e. The molecule has 7 nitrogen and oxygen atoms in total. The van der Waals surface area contributed by atoms with Gasteiger partial charge in [0.2, 0.25) is 11.8 Å². The van der Waals surface area contributed by atoms with Crippen LogP contribution in [0.4, 0.5) is 5.69 Å². The molecule has 0 saturated heterocycles. The number of carbonyl (C=O) groups excluding carboxylic acids is 2. The second kappa shape index (κ2) is 15.0. The van der Waals surface area contributed by atoms with E-state index in [4.69, 9.17) is 11.6 Å². The van der Waals surface area contributed by atoms with Crippen LogP contribution in [0.5, 0.6) is 0 Å². The Kier molecular flexibility index (Phi) is 11.2. The van der Waals surface area contributed by atoms with Gasteiger partial charge in [-0.3, -0.25) is 13.9 Å². The second-order valence-corrected chi connectivity index (χ2v) is 13.0. The van der Waals surface area contributed by atoms with E-state index in [-0.39, 0.29) is 23.8 Å². The minimum atomic E-state index is -4.19. The molecular weight excluding hydrogens is 594 g/mol. The maximum absolute atomic E-state index is 14.4. The smallest absolute Gasteiger partial charge is 0.264 e. The van der Waals surface area contributed by atoms with E-state index in [1.165, 1.54) is 29.2 Å². The molecular formula is C35H38ClN3O4S. The molecule has 9 heteroatoms. The van der Waals surface area contributed by atoms with Gasteiger partial charge in [-0.25, -0.2) is 8.42 Å². The van der Waals surface area contributed by atoms with Crippen molar-refractivity contribution in [3.63, 3.8) is 0 Å². The van der Waals surface area contributed by atoms with E-state index in [9.17, 15) is 18.0 Å². The lowest BCUT2D eigenvalue weighted by Gasteiger charge is -2.34. The molecule has 0 heterocycles. The number of anilines is 1. The molecule has 0 radical (unpaired) electrons. The van der Waals surface area contributed by atoms with Crippen LogP contribution in [0.25, 0.3) is 0 Å². The van der Waals surface area contributed by atoms with Gasteiger partial charge in [-0.1, -0.05) is 85.3 Å². The Hall–Kier alpha value is -4.14. The van der Waals surface area contributed by atoms with Crippen LogP contribution in [0, 0.1) is 13.8 Å². The fourth-order valence-corrected chi connectivity index (χ4v) is 6.38. The van der Waals surface area contributed by atoms with Gasteiger partial charge in [0.25, 0.3) is 10.0 Å². The number of hydrogen-bond acceptors (Lipinski definition) is 4. The first kappa shape index (κ1) is 32.8. The van der Waals surface area contributed by atoms with E-state index >= 15 is 0 Å². The maximum atomic E-state index is 14.4. The third-order valence-electron chi connectivity index (χ3n) is 7.48. The van der Waals surface area contributed by atoms with Gasteiger partial charge in [0.05, 0.1) is 10.6 Å². The number of sulfonamides is 1. The first-order valence-corrected chi connectivity index (χ1v) is 16.4. The summed E-state index contributed by atoms with van der Waals surface area (Å²) in [4.78, 5) is 29.6. The number of carbonyl (C=O) groups is 2. The predicted molar refractivity (Wildman–Crippen MR) is 176 cm³/mol. The molecule has 1 atom stereocenters. The number of nitrogens with one attached hydrogen (secondary N) is 1. The van der Waals surface area contributed by atoms with Crippen molar-refractivity contribution in [1.82, 2.24) is 10.2 Å². The Bertz CT molecular complexity index is 1660. The van der Waals surface area contributed by atoms with Crippen LogP contribution in [0.15, 0.2) is 108 Å². The zero-order chi connectivity index (χ0) is 31.7. The molecule has 0 bridgehead atoms. The van der Waals surface area contributed by atoms with Crippen LogP contribution in [0.3, 0.4) is 0 Å². The minimum absolute atomic E-state index is 0.00376. The molecule has 0 spiro atoms. The standard InChI is InChI=1S/C35H38ClN3O4S/c1-4-21-37-35(41)33(23-28-11-7-5-8-12-28)38(24-29-13-9-6-10-14-29)34(40)25-39(31-18-15-26(2)27(3)22-31)44(42,43)32-19-16-30(36)17-20-32/h5-20,22,33H,4,21,23-25H2,1-3H3,(H,37,41)/t33-/m0/s1. The lowest BCUT2D eigenvalue weighted by Crippen LogP contribution is -2.53. The fourth-order valence-electron chi connectivity index (χ4n) is 4.84. The summed E-state index contributed by atoms with van der Waals surface area (Å²) in [5.74, 6) is -0.796. The number of benzene rings is 4. The molecule has 0 aliphatic heterocycles. The number of nitrogens with zero attached hydrogens (tertiary/aromatic N) is 2. The quantitative estimate of drug-likeness (QED) is 0.187. The van der Waals surface area contributed by atoms with Gasteiger partial charge < -0.3 is 10.2 Å². The summed E-state index contributed by atoms with van der Waals surface area (Å²) in [5, 5.41) is 3.35. The lowest BCUT2D eigenvalue weighted by atomic mass is 10.0. The molecule has 2 amide bonds. The number of amides is 2. The molecule has 0 fully saturated rings. The van der Waals surface area contributed by atoms with Gasteiger partial charge >= 0.3 is 0 Å². The molecule has 44 heavy (non-hydrogen) atoms. The van der Waals surface area contributed by atoms with Crippen molar-refractivity contribution in [1.29, 1.82) is 0 Å². The van der Waals surface area contributed by atoms with Crippen molar-refractivity contribution in [3.05, 3.63) is 130 Å². The number of halogens is 1. The van der Waals surface area contributed by atoms with E-state index in [1.54, 1.807) is 12.1 Å². The Morgan fingerprint density at radius 3 is 2.02 bits per heavy atom. The summed E-state index contributed by atoms with van der Waals surface area (Å²) in [6, 6.07) is 29.1. The summed E-state index contributed by atoms with van der Waals surface area (Å²) in [6.45, 7) is 5.86. The molecule has 0 unspecified atom stereocenters. The van der Waals surface area contributed by atoms with Gasteiger partial charge in [0, 0.05) is 24.5 Å². The van der Waals surface area contributed by atoms with Crippen LogP contribution < -0.4 is 9.62 Å². The summed E-state index contributed by atoms with van der Waals surface area (Å²) < 4.78 is 29.4. The molecule has 4 aromatic carbocycles. The second-order valence-electron chi connectivity index (χ2n) is 10.7. The van der Waals surface area contributed by atoms with Gasteiger partial charge in [-0.15, -0.1) is 0 Å². The highest BCUT2D eigenvalue weighted by Gasteiger charge is 2.34. The van der Waals surface area contributed by atoms with Crippen molar-refractivity contribution in [2.75, 3.05) is 17.4 Å². The van der Waals surface area contributed by atoms with E-state index < -0.39 is 28.5 Å². The molecule has 1 N–H and O–H groups in total. The van der Waals surface area contributed by atoms with Crippen LogP contribution in [-0.2, 0) is 32.6 Å². The van der Waals surface area contributed by atoms with Crippen molar-refractivity contribution in [2.24, 2.45) is 0 Å². The molecule has 0 saturated carbocycles. The minimum Gasteiger partial charge on any atom is -0.354 e. The third-order valence-corrected chi connectivity index (χ3v) is 9.52. The van der Waals surface area contributed by atoms with Crippen LogP contribution in [0.2, 0.25) is 5.02 Å². The number of rotatable bonds is 13. The first-order valence-electron chi connectivity index (χ1n) is 14.6. The summed E-state index contributed by atoms with van der Waals surface area (Å²) in [7, 11) is -4.19. The van der Waals surface area contributed by atoms with Crippen LogP contribution in [0.1, 0.15) is 35.6 Å². The largest absolute Gasteiger partial charge is 0.354 e. The van der Waals surface area contributed by atoms with Crippen molar-refractivity contribution < 1.29 is 18.0 Å². The third kappa shape index (κ3) is 8.27. The van der Waals surface area contributed by atoms with E-state index in [2.05, 4.69) is 5.32 Å². The van der Waals surface area contributed by atoms with E-state index in [0.717, 1.165) is 33.0 Å². The highest BCUT2D eigenvalue weighted by Crippen LogP contribution is 2.27. The van der Waals surface area contributed by atoms with Crippen molar-refractivity contribution >= 4 is 39.1 Å². The molecule has 230 valence electrons. The van der Waals surface area contributed by atoms with Gasteiger partial charge in [0.15, 0.2) is 0 Å². The molecule has 0 aromatic heterocycles. The normalized spacial score (nSPS) is 11.9. The average molecular weight is 632 g/mol. The zero-order valence-electron chi connectivity index (χ0n) is 25.2. The zero-order valence-corrected chi connectivity index (χ0v) is 26.8. The lowest BCUT2D eigenvalue weighted by molar-refractivity contribution is -0.140. The van der Waals surface area contributed by atoms with Crippen molar-refractivity contribution in [2.45, 2.75) is 51.1 Å². The van der Waals surface area contributed by atoms with Gasteiger partial charge in [-0.2, -0.15) is 0 Å². The van der Waals surface area contributed by atoms with E-state index in [1.807, 2.05) is 87.5 Å². The Morgan fingerprint density at radius 1 is 0.818 bits per heavy atom. The summed E-state index contributed by atoms with van der Waals surface area (Å²) in [6.07, 6.45) is 0.999. The Labute approximate surface area is 265 Å². The summed E-state index contributed by atoms with van der Waals surface area (Å²) in [5.41, 5.74) is 3.93. The first-order chi connectivity index (χ1) is 21.1. The fraction of sp³-hybridized carbons (Fsp3) is 0.257. The summed E-state index contributed by atoms with van der Waals surface area (Å²) >= 11 is 6.06. The average Bonchev–Trinajstić information content (AvgIpc) is 3.02. The van der Waals surface area contributed by atoms with Crippen LogP contribution in [-0.4, -0.2) is 44.3 Å². The van der Waals surface area contributed by atoms with Gasteiger partial charge in [0.1, 0.15) is 12.6 Å². The van der Waals surface area contributed by atoms with E-state index in [0.29, 0.717) is 17.3 Å². The predicted octanol–water partition coefficient (Wildman–Crippen LogP) is 6.32. The van der Waals surface area contributed by atoms with Gasteiger partial charge in [-0.05, 0) is 78.9 Å². The number of hydrogen-bond donors (Lipinski definition) is 1. The Balaban J connectivity index is 1.80. The van der Waals surface area contributed by atoms with Crippen molar-refractivity contribution in [3.8, 4) is 0 Å². The molecule has 0 aliphatic carbocycles. The highest BCUT2D eigenvalue weighted by atomic mass is 35.5. The molecule has 4 rings (SSSR count). The van der Waals surface area contributed by atoms with Crippen LogP contribution >= 0.6 is 11.6 Å². The topological polar surface area (TPSA) is 86.8 Å². The highest BCUT2D eigenvalue weighted by molar-refractivity contribution is 7.92. The SMILES string of the molecule is CCCNC(=O)[C@H](Cc1ccccc1)N(Cc1ccccc1)C(=O)CN(c1ccc(C)c(C)c1)S(=O)(=O)c1ccc(Cl)cc1. The molecule has 4 aromatic rings.